The second-order valence-electron chi connectivity index (χ2n) is 6.86. The molecule has 0 atom stereocenters. The molecule has 1 aliphatic carbocycles. The topological polar surface area (TPSA) is 0 Å². The number of benzene rings is 2. The van der Waals surface area contributed by atoms with Crippen molar-refractivity contribution in [3.63, 3.8) is 0 Å². The van der Waals surface area contributed by atoms with Crippen molar-refractivity contribution in [3.8, 4) is 0 Å². The number of hydrogen-bond donors (Lipinski definition) is 0. The Morgan fingerprint density at radius 2 is 1.91 bits per heavy atom. The fourth-order valence-electron chi connectivity index (χ4n) is 3.77. The minimum absolute atomic E-state index is 1.15. The van der Waals surface area contributed by atoms with Gasteiger partial charge in [-0.2, -0.15) is 0 Å². The SMILES string of the molecule is CCCC=C(C)c1ccc2c3c(ccc2c1)C(C)=C(CCC)C3. The van der Waals surface area contributed by atoms with Crippen molar-refractivity contribution >= 4 is 21.9 Å². The molecule has 0 N–H and O–H groups in total. The molecular formula is C23H28. The van der Waals surface area contributed by atoms with Gasteiger partial charge in [0, 0.05) is 0 Å². The Morgan fingerprint density at radius 3 is 2.65 bits per heavy atom. The summed E-state index contributed by atoms with van der Waals surface area (Å²) >= 11 is 0. The van der Waals surface area contributed by atoms with Gasteiger partial charge in [0.05, 0.1) is 0 Å². The van der Waals surface area contributed by atoms with Gasteiger partial charge in [0.2, 0.25) is 0 Å². The summed E-state index contributed by atoms with van der Waals surface area (Å²) in [7, 11) is 0. The highest BCUT2D eigenvalue weighted by Crippen LogP contribution is 2.39. The highest BCUT2D eigenvalue weighted by molar-refractivity contribution is 5.94. The van der Waals surface area contributed by atoms with E-state index in [4.69, 9.17) is 0 Å². The van der Waals surface area contributed by atoms with Crippen molar-refractivity contribution in [2.75, 3.05) is 0 Å². The van der Waals surface area contributed by atoms with Crippen LogP contribution >= 0.6 is 0 Å². The Bertz CT molecular complexity index is 787. The molecule has 3 rings (SSSR count). The molecule has 0 radical (unpaired) electrons. The first kappa shape index (κ1) is 16.1. The van der Waals surface area contributed by atoms with Crippen LogP contribution in [0.15, 0.2) is 42.0 Å². The zero-order valence-corrected chi connectivity index (χ0v) is 15.0. The fraction of sp³-hybridized carbons (Fsp3) is 0.391. The number of unbranched alkanes of at least 4 members (excludes halogenated alkanes) is 1. The van der Waals surface area contributed by atoms with E-state index in [1.807, 2.05) is 0 Å². The highest BCUT2D eigenvalue weighted by Gasteiger charge is 2.19. The zero-order valence-electron chi connectivity index (χ0n) is 15.0. The van der Waals surface area contributed by atoms with E-state index in [9.17, 15) is 0 Å². The molecule has 1 aliphatic rings. The molecular weight excluding hydrogens is 276 g/mol. The maximum Gasteiger partial charge on any atom is -0.00490 e. The van der Waals surface area contributed by atoms with E-state index < -0.39 is 0 Å². The van der Waals surface area contributed by atoms with E-state index in [1.165, 1.54) is 52.3 Å². The number of fused-ring (bicyclic) bond motifs is 3. The summed E-state index contributed by atoms with van der Waals surface area (Å²) < 4.78 is 0. The Morgan fingerprint density at radius 1 is 1.09 bits per heavy atom. The largest absolute Gasteiger partial charge is 0.0810 e. The van der Waals surface area contributed by atoms with Crippen LogP contribution in [-0.2, 0) is 6.42 Å². The molecule has 0 amide bonds. The lowest BCUT2D eigenvalue weighted by Crippen LogP contribution is -1.89. The van der Waals surface area contributed by atoms with Crippen LogP contribution in [-0.4, -0.2) is 0 Å². The Kier molecular flexibility index (Phi) is 4.71. The van der Waals surface area contributed by atoms with Gasteiger partial charge in [-0.05, 0) is 77.8 Å². The Hall–Kier alpha value is -1.82. The smallest absolute Gasteiger partial charge is 0.00490 e. The number of rotatable bonds is 5. The molecule has 0 aliphatic heterocycles. The van der Waals surface area contributed by atoms with Gasteiger partial charge in [-0.1, -0.05) is 62.6 Å². The zero-order chi connectivity index (χ0) is 16.4. The summed E-state index contributed by atoms with van der Waals surface area (Å²) in [5.74, 6) is 0. The molecule has 23 heavy (non-hydrogen) atoms. The summed E-state index contributed by atoms with van der Waals surface area (Å²) in [4.78, 5) is 0. The molecule has 0 nitrogen and oxygen atoms in total. The molecule has 0 heterocycles. The molecule has 0 fully saturated rings. The first-order chi connectivity index (χ1) is 11.2. The summed E-state index contributed by atoms with van der Waals surface area (Å²) in [6.45, 7) is 9.04. The average Bonchev–Trinajstić information content (AvgIpc) is 2.89. The van der Waals surface area contributed by atoms with Crippen LogP contribution in [0.3, 0.4) is 0 Å². The van der Waals surface area contributed by atoms with Gasteiger partial charge < -0.3 is 0 Å². The third-order valence-electron chi connectivity index (χ3n) is 5.20. The predicted octanol–water partition coefficient (Wildman–Crippen LogP) is 7.17. The maximum absolute atomic E-state index is 2.37. The maximum atomic E-state index is 2.37. The summed E-state index contributed by atoms with van der Waals surface area (Å²) in [5.41, 5.74) is 8.94. The summed E-state index contributed by atoms with van der Waals surface area (Å²) in [5, 5.41) is 2.83. The Balaban J connectivity index is 2.01. The molecule has 0 spiro atoms. The van der Waals surface area contributed by atoms with Crippen molar-refractivity contribution < 1.29 is 0 Å². The van der Waals surface area contributed by atoms with Crippen LogP contribution in [0.4, 0.5) is 0 Å². The lowest BCUT2D eigenvalue weighted by Gasteiger charge is -2.09. The van der Waals surface area contributed by atoms with Gasteiger partial charge in [0.25, 0.3) is 0 Å². The lowest BCUT2D eigenvalue weighted by molar-refractivity contribution is 0.884. The van der Waals surface area contributed by atoms with Gasteiger partial charge in [0.15, 0.2) is 0 Å². The molecule has 0 saturated heterocycles. The van der Waals surface area contributed by atoms with Gasteiger partial charge in [-0.15, -0.1) is 0 Å². The van der Waals surface area contributed by atoms with Gasteiger partial charge in [0.1, 0.15) is 0 Å². The Labute approximate surface area is 140 Å². The molecule has 0 bridgehead atoms. The van der Waals surface area contributed by atoms with Crippen LogP contribution in [0.5, 0.6) is 0 Å². The molecule has 0 heteroatoms. The molecule has 0 saturated carbocycles. The monoisotopic (exact) mass is 304 g/mol. The van der Waals surface area contributed by atoms with Crippen LogP contribution in [0.25, 0.3) is 21.9 Å². The molecule has 0 unspecified atom stereocenters. The van der Waals surface area contributed by atoms with Crippen molar-refractivity contribution in [3.05, 3.63) is 58.7 Å². The van der Waals surface area contributed by atoms with Crippen LogP contribution in [0, 0.1) is 0 Å². The number of hydrogen-bond acceptors (Lipinski definition) is 0. The normalized spacial score (nSPS) is 14.7. The van der Waals surface area contributed by atoms with E-state index in [2.05, 4.69) is 64.1 Å². The van der Waals surface area contributed by atoms with Crippen LogP contribution in [0.1, 0.15) is 70.1 Å². The second-order valence-corrected chi connectivity index (χ2v) is 6.86. The average molecular weight is 304 g/mol. The third kappa shape index (κ3) is 3.00. The first-order valence-corrected chi connectivity index (χ1v) is 9.07. The van der Waals surface area contributed by atoms with E-state index in [-0.39, 0.29) is 0 Å². The number of allylic oxidation sites excluding steroid dienone is 4. The van der Waals surface area contributed by atoms with Crippen molar-refractivity contribution in [1.82, 2.24) is 0 Å². The quantitative estimate of drug-likeness (QED) is 0.549. The standard InChI is InChI=1S/C23H28/c1-5-7-9-16(3)18-10-13-22-20(14-18)11-12-21-17(4)19(8-6-2)15-23(21)22/h9-14H,5-8,15H2,1-4H3. The minimum Gasteiger partial charge on any atom is -0.0810 e. The van der Waals surface area contributed by atoms with Crippen LogP contribution in [0.2, 0.25) is 0 Å². The van der Waals surface area contributed by atoms with E-state index in [0.29, 0.717) is 0 Å². The second kappa shape index (κ2) is 6.74. The van der Waals surface area contributed by atoms with Crippen molar-refractivity contribution in [1.29, 1.82) is 0 Å². The van der Waals surface area contributed by atoms with Gasteiger partial charge in [-0.3, -0.25) is 0 Å². The van der Waals surface area contributed by atoms with Crippen molar-refractivity contribution in [2.24, 2.45) is 0 Å². The van der Waals surface area contributed by atoms with Gasteiger partial charge in [-0.25, -0.2) is 0 Å². The summed E-state index contributed by atoms with van der Waals surface area (Å²) in [6, 6.07) is 11.7. The lowest BCUT2D eigenvalue weighted by atomic mass is 9.95. The fourth-order valence-corrected chi connectivity index (χ4v) is 3.77. The molecule has 120 valence electrons. The van der Waals surface area contributed by atoms with Crippen LogP contribution < -0.4 is 0 Å². The minimum atomic E-state index is 1.15. The van der Waals surface area contributed by atoms with E-state index in [0.717, 1.165) is 12.8 Å². The predicted molar refractivity (Wildman–Crippen MR) is 104 cm³/mol. The third-order valence-corrected chi connectivity index (χ3v) is 5.20. The highest BCUT2D eigenvalue weighted by atomic mass is 14.2. The first-order valence-electron chi connectivity index (χ1n) is 9.07. The summed E-state index contributed by atoms with van der Waals surface area (Å²) in [6.07, 6.45) is 8.36. The molecule has 2 aromatic rings. The van der Waals surface area contributed by atoms with E-state index in [1.54, 1.807) is 11.1 Å². The van der Waals surface area contributed by atoms with E-state index >= 15 is 0 Å². The molecule has 0 aromatic heterocycles. The van der Waals surface area contributed by atoms with Crippen molar-refractivity contribution in [2.45, 2.75) is 59.8 Å². The molecule has 2 aromatic carbocycles. The van der Waals surface area contributed by atoms with Gasteiger partial charge >= 0.3 is 0 Å².